The third-order valence-electron chi connectivity index (χ3n) is 6.34. The number of aromatic nitrogens is 4. The molecule has 0 atom stereocenters. The molecule has 7 heteroatoms. The van der Waals surface area contributed by atoms with Crippen LogP contribution in [0.25, 0.3) is 28.2 Å². The molecule has 0 bridgehead atoms. The Morgan fingerprint density at radius 1 is 1.09 bits per heavy atom. The van der Waals surface area contributed by atoms with Crippen LogP contribution in [0, 0.1) is 12.7 Å². The lowest BCUT2D eigenvalue weighted by molar-refractivity contribution is 0.164. The largest absolute Gasteiger partial charge is 0.395 e. The van der Waals surface area contributed by atoms with Gasteiger partial charge in [-0.05, 0) is 62.5 Å². The summed E-state index contributed by atoms with van der Waals surface area (Å²) in [6, 6.07) is 10.9. The number of nitrogens with zero attached hydrogens (tertiary/aromatic N) is 5. The van der Waals surface area contributed by atoms with Crippen molar-refractivity contribution >= 4 is 5.65 Å². The van der Waals surface area contributed by atoms with Crippen molar-refractivity contribution < 1.29 is 9.50 Å². The smallest absolute Gasteiger partial charge is 0.145 e. The number of benzene rings is 1. The topological polar surface area (TPSA) is 66.5 Å². The van der Waals surface area contributed by atoms with Crippen LogP contribution in [0.3, 0.4) is 0 Å². The summed E-state index contributed by atoms with van der Waals surface area (Å²) in [5, 5.41) is 9.25. The molecule has 1 fully saturated rings. The molecule has 1 aliphatic rings. The first-order valence-corrected chi connectivity index (χ1v) is 11.0. The highest BCUT2D eigenvalue weighted by atomic mass is 19.1. The van der Waals surface area contributed by atoms with Gasteiger partial charge in [-0.25, -0.2) is 19.3 Å². The standard InChI is InChI=1S/C25H26FN5O/c1-17-27-10-6-22(29-17)23-16-28-25-24(20-4-2-3-5-21(20)26)19(9-13-31(23)25)18-7-11-30(12-8-18)14-15-32/h2-6,9-10,13,16,18,32H,7-8,11-12,14-15H2,1H3. The van der Waals surface area contributed by atoms with Crippen LogP contribution in [0.2, 0.25) is 0 Å². The van der Waals surface area contributed by atoms with Gasteiger partial charge in [0.1, 0.15) is 17.3 Å². The van der Waals surface area contributed by atoms with Crippen LogP contribution in [-0.2, 0) is 0 Å². The molecule has 0 aliphatic carbocycles. The highest BCUT2D eigenvalue weighted by Gasteiger charge is 2.26. The highest BCUT2D eigenvalue weighted by molar-refractivity contribution is 5.83. The lowest BCUT2D eigenvalue weighted by Gasteiger charge is -2.32. The zero-order valence-electron chi connectivity index (χ0n) is 18.1. The van der Waals surface area contributed by atoms with Crippen molar-refractivity contribution in [1.29, 1.82) is 0 Å². The van der Waals surface area contributed by atoms with Gasteiger partial charge in [0.25, 0.3) is 0 Å². The third kappa shape index (κ3) is 3.78. The summed E-state index contributed by atoms with van der Waals surface area (Å²) in [5.41, 5.74) is 4.92. The average molecular weight is 432 g/mol. The second-order valence-electron chi connectivity index (χ2n) is 8.29. The van der Waals surface area contributed by atoms with Crippen LogP contribution in [0.1, 0.15) is 30.1 Å². The predicted octanol–water partition coefficient (Wildman–Crippen LogP) is 4.08. The number of β-amino-alcohol motifs (C(OH)–C–C–N with tert-alkyl or cyclic N) is 1. The van der Waals surface area contributed by atoms with Gasteiger partial charge in [-0.2, -0.15) is 0 Å². The number of aryl methyl sites for hydroxylation is 1. The number of piperidine rings is 1. The molecular formula is C25H26FN5O. The summed E-state index contributed by atoms with van der Waals surface area (Å²) < 4.78 is 17.0. The van der Waals surface area contributed by atoms with E-state index < -0.39 is 0 Å². The monoisotopic (exact) mass is 431 g/mol. The Morgan fingerprint density at radius 2 is 1.91 bits per heavy atom. The van der Waals surface area contributed by atoms with Crippen molar-refractivity contribution in [3.8, 4) is 22.5 Å². The molecule has 32 heavy (non-hydrogen) atoms. The van der Waals surface area contributed by atoms with Crippen molar-refractivity contribution in [1.82, 2.24) is 24.3 Å². The van der Waals surface area contributed by atoms with Crippen molar-refractivity contribution in [2.45, 2.75) is 25.7 Å². The van der Waals surface area contributed by atoms with Gasteiger partial charge >= 0.3 is 0 Å². The van der Waals surface area contributed by atoms with E-state index in [-0.39, 0.29) is 12.4 Å². The first kappa shape index (κ1) is 20.7. The number of aliphatic hydroxyl groups excluding tert-OH is 1. The Bertz CT molecular complexity index is 1250. The first-order valence-electron chi connectivity index (χ1n) is 11.0. The Kier molecular flexibility index (Phi) is 5.68. The van der Waals surface area contributed by atoms with Crippen LogP contribution in [0.5, 0.6) is 0 Å². The third-order valence-corrected chi connectivity index (χ3v) is 6.34. The molecule has 1 aromatic carbocycles. The molecule has 6 nitrogen and oxygen atoms in total. The lowest BCUT2D eigenvalue weighted by atomic mass is 9.85. The van der Waals surface area contributed by atoms with Gasteiger partial charge in [-0.15, -0.1) is 0 Å². The summed E-state index contributed by atoms with van der Waals surface area (Å²) in [7, 11) is 0. The zero-order valence-corrected chi connectivity index (χ0v) is 18.1. The number of hydrogen-bond donors (Lipinski definition) is 1. The number of imidazole rings is 1. The molecule has 0 saturated carbocycles. The Balaban J connectivity index is 1.65. The normalized spacial score (nSPS) is 15.5. The summed E-state index contributed by atoms with van der Waals surface area (Å²) in [6.07, 6.45) is 7.50. The van der Waals surface area contributed by atoms with E-state index in [4.69, 9.17) is 4.98 Å². The van der Waals surface area contributed by atoms with E-state index in [2.05, 4.69) is 20.9 Å². The number of likely N-dealkylation sites (tertiary alicyclic amines) is 1. The van der Waals surface area contributed by atoms with Gasteiger partial charge in [-0.1, -0.05) is 18.2 Å². The first-order chi connectivity index (χ1) is 15.7. The van der Waals surface area contributed by atoms with E-state index in [1.165, 1.54) is 6.07 Å². The van der Waals surface area contributed by atoms with E-state index in [0.29, 0.717) is 23.9 Å². The number of aliphatic hydroxyl groups is 1. The van der Waals surface area contributed by atoms with Gasteiger partial charge in [0.15, 0.2) is 0 Å². The minimum absolute atomic E-state index is 0.177. The van der Waals surface area contributed by atoms with Crippen molar-refractivity contribution in [3.63, 3.8) is 0 Å². The number of hydrogen-bond acceptors (Lipinski definition) is 5. The molecule has 0 spiro atoms. The molecule has 3 aromatic heterocycles. The fourth-order valence-corrected chi connectivity index (χ4v) is 4.74. The Morgan fingerprint density at radius 3 is 2.66 bits per heavy atom. The van der Waals surface area contributed by atoms with E-state index in [0.717, 1.165) is 54.1 Å². The molecule has 1 aliphatic heterocycles. The number of pyridine rings is 1. The van der Waals surface area contributed by atoms with Gasteiger partial charge < -0.3 is 10.0 Å². The van der Waals surface area contributed by atoms with Crippen LogP contribution in [0.4, 0.5) is 4.39 Å². The minimum atomic E-state index is -0.248. The molecule has 4 aromatic rings. The second kappa shape index (κ2) is 8.76. The van der Waals surface area contributed by atoms with Gasteiger partial charge in [0.2, 0.25) is 0 Å². The van der Waals surface area contributed by atoms with Gasteiger partial charge in [0, 0.05) is 30.1 Å². The van der Waals surface area contributed by atoms with E-state index in [1.807, 2.05) is 35.7 Å². The minimum Gasteiger partial charge on any atom is -0.395 e. The molecule has 0 radical (unpaired) electrons. The summed E-state index contributed by atoms with van der Waals surface area (Å²) in [4.78, 5) is 15.8. The van der Waals surface area contributed by atoms with Crippen LogP contribution in [-0.4, -0.2) is 55.6 Å². The average Bonchev–Trinajstić information content (AvgIpc) is 3.24. The van der Waals surface area contributed by atoms with Crippen molar-refractivity contribution in [2.75, 3.05) is 26.2 Å². The van der Waals surface area contributed by atoms with E-state index in [1.54, 1.807) is 18.5 Å². The fraction of sp³-hybridized carbons (Fsp3) is 0.320. The fourth-order valence-electron chi connectivity index (χ4n) is 4.74. The van der Waals surface area contributed by atoms with E-state index >= 15 is 4.39 Å². The second-order valence-corrected chi connectivity index (χ2v) is 8.29. The van der Waals surface area contributed by atoms with Crippen LogP contribution >= 0.6 is 0 Å². The lowest BCUT2D eigenvalue weighted by Crippen LogP contribution is -2.35. The molecule has 0 unspecified atom stereocenters. The SMILES string of the molecule is Cc1nccc(-c2cnc3c(-c4ccccc4F)c(C4CCN(CCO)CC4)ccn23)n1. The van der Waals surface area contributed by atoms with Crippen molar-refractivity contribution in [2.24, 2.45) is 0 Å². The summed E-state index contributed by atoms with van der Waals surface area (Å²) >= 11 is 0. The number of rotatable bonds is 5. The predicted molar refractivity (Wildman–Crippen MR) is 122 cm³/mol. The van der Waals surface area contributed by atoms with Crippen LogP contribution in [0.15, 0.2) is 55.0 Å². The number of fused-ring (bicyclic) bond motifs is 1. The van der Waals surface area contributed by atoms with Crippen molar-refractivity contribution in [3.05, 3.63) is 72.2 Å². The number of halogens is 1. The van der Waals surface area contributed by atoms with Gasteiger partial charge in [0.05, 0.1) is 24.2 Å². The molecule has 4 heterocycles. The molecule has 1 N–H and O–H groups in total. The van der Waals surface area contributed by atoms with Gasteiger partial charge in [-0.3, -0.25) is 4.40 Å². The summed E-state index contributed by atoms with van der Waals surface area (Å²) in [5.74, 6) is 0.756. The zero-order chi connectivity index (χ0) is 22.1. The van der Waals surface area contributed by atoms with Crippen LogP contribution < -0.4 is 0 Å². The summed E-state index contributed by atoms with van der Waals surface area (Å²) in [6.45, 7) is 4.59. The Hall–Kier alpha value is -3.16. The van der Waals surface area contributed by atoms with E-state index in [9.17, 15) is 5.11 Å². The molecule has 5 rings (SSSR count). The molecular weight excluding hydrogens is 405 g/mol. The molecule has 1 saturated heterocycles. The quantitative estimate of drug-likeness (QED) is 0.516. The molecule has 0 amide bonds. The maximum atomic E-state index is 15.0. The Labute approximate surface area is 186 Å². The maximum Gasteiger partial charge on any atom is 0.145 e. The molecule has 164 valence electrons. The maximum absolute atomic E-state index is 15.0. The highest BCUT2D eigenvalue weighted by Crippen LogP contribution is 2.39.